The molecule has 2 aliphatic heterocycles. The molecule has 19 heteroatoms. The molecule has 8 atom stereocenters. The minimum absolute atomic E-state index is 0. The zero-order valence-electron chi connectivity index (χ0n) is 15.3. The molecular weight excluding hydrogens is 660 g/mol. The van der Waals surface area contributed by atoms with E-state index >= 15 is 0 Å². The number of carboxylic acids is 2. The number of hydrogen-bond donors (Lipinski definition) is 8. The Morgan fingerprint density at radius 2 is 1.10 bits per heavy atom. The van der Waals surface area contributed by atoms with Gasteiger partial charge in [-0.2, -0.15) is 0 Å². The van der Waals surface area contributed by atoms with Gasteiger partial charge < -0.3 is 11.0 Å². The monoisotopic (exact) mass is 680 g/mol. The molecule has 0 amide bonds. The Labute approximate surface area is 191 Å². The summed E-state index contributed by atoms with van der Waals surface area (Å²) >= 11 is -8.08. The van der Waals surface area contributed by atoms with Gasteiger partial charge in [0.15, 0.2) is 0 Å². The van der Waals surface area contributed by atoms with Crippen molar-refractivity contribution < 1.29 is 74.7 Å². The van der Waals surface area contributed by atoms with E-state index in [1.807, 2.05) is 0 Å². The summed E-state index contributed by atoms with van der Waals surface area (Å²) in [6.07, 6.45) is -13.8. The molecule has 2 aliphatic rings. The van der Waals surface area contributed by atoms with Crippen LogP contribution >= 0.6 is 0 Å². The van der Waals surface area contributed by atoms with Gasteiger partial charge >= 0.3 is 181 Å². The normalized spacial score (nSPS) is 34.1. The fourth-order valence-electron chi connectivity index (χ4n) is 2.35. The maximum atomic E-state index is 11.3. The summed E-state index contributed by atoms with van der Waals surface area (Å²) in [7, 11) is 0. The molecule has 2 fully saturated rings. The minimum Gasteiger partial charge on any atom is -0.870 e. The van der Waals surface area contributed by atoms with Crippen LogP contribution in [0.15, 0.2) is 0 Å². The van der Waals surface area contributed by atoms with Crippen LogP contribution in [0, 0.1) is 0 Å². The Morgan fingerprint density at radius 3 is 1.35 bits per heavy atom. The Balaban J connectivity index is 0.00000450. The van der Waals surface area contributed by atoms with Crippen molar-refractivity contribution in [3.05, 3.63) is 0 Å². The third kappa shape index (κ3) is 7.53. The summed E-state index contributed by atoms with van der Waals surface area (Å²) < 4.78 is 26.1. The summed E-state index contributed by atoms with van der Waals surface area (Å²) in [4.78, 5) is 22.6. The maximum absolute atomic E-state index is 11.3. The van der Waals surface area contributed by atoms with Gasteiger partial charge in [0.25, 0.3) is 0 Å². The number of carbonyl (C=O) groups is 2. The number of aliphatic carboxylic acids is 2. The van der Waals surface area contributed by atoms with E-state index in [9.17, 15) is 40.2 Å². The Kier molecular flexibility index (Phi) is 13.7. The first-order valence-corrected chi connectivity index (χ1v) is 14.2. The van der Waals surface area contributed by atoms with E-state index in [0.717, 1.165) is 0 Å². The van der Waals surface area contributed by atoms with Crippen molar-refractivity contribution in [2.24, 2.45) is 0 Å². The predicted octanol–water partition coefficient (Wildman–Crippen LogP) is -6.22. The molecular formula is C12H22O17Sb2. The van der Waals surface area contributed by atoms with Gasteiger partial charge in [0.05, 0.1) is 0 Å². The van der Waals surface area contributed by atoms with E-state index in [0.29, 0.717) is 0 Å². The van der Waals surface area contributed by atoms with Gasteiger partial charge in [-0.25, -0.2) is 0 Å². The minimum atomic E-state index is -4.04. The topological polar surface area (TPSA) is 302 Å². The summed E-state index contributed by atoms with van der Waals surface area (Å²) in [5, 5.41) is 75.9. The average Bonchev–Trinajstić information content (AvgIpc) is 2.68. The predicted molar refractivity (Wildman–Crippen MR) is 89.4 cm³/mol. The van der Waals surface area contributed by atoms with Gasteiger partial charge in [-0.05, 0) is 0 Å². The van der Waals surface area contributed by atoms with Crippen LogP contribution in [0.1, 0.15) is 0 Å². The van der Waals surface area contributed by atoms with E-state index in [-0.39, 0.29) is 11.0 Å². The van der Waals surface area contributed by atoms with Gasteiger partial charge in [0.1, 0.15) is 0 Å². The van der Waals surface area contributed by atoms with Crippen molar-refractivity contribution in [1.82, 2.24) is 0 Å². The standard InChI is InChI=1S/2C6H10O7.2H2O.O.2Sb/c2*7-1-2(8)3(9)4(10)5(11)6(12)13;;;;;/h2*2-5,7-8,10H,1H2,(H,12,13);2*1H2;;;/q2*-2;;;;2*+3/p-2/t2*2-,3-,4+,5-;;;;;/m11...../s1. The number of hydrogen-bond acceptors (Lipinski definition) is 15. The van der Waals surface area contributed by atoms with Crippen molar-refractivity contribution >= 4 is 54.9 Å². The third-order valence-corrected chi connectivity index (χ3v) is 14.4. The third-order valence-electron chi connectivity index (χ3n) is 3.86. The first kappa shape index (κ1) is 31.1. The molecule has 2 saturated heterocycles. The maximum Gasteiger partial charge on any atom is -0.870 e. The molecule has 0 saturated carbocycles. The summed E-state index contributed by atoms with van der Waals surface area (Å²) in [5.74, 6) is -3.20. The molecule has 0 aromatic heterocycles. The molecule has 0 aliphatic carbocycles. The summed E-state index contributed by atoms with van der Waals surface area (Å²) in [5.41, 5.74) is 0. The molecule has 10 N–H and O–H groups in total. The van der Waals surface area contributed by atoms with Crippen LogP contribution in [0.4, 0.5) is 0 Å². The van der Waals surface area contributed by atoms with E-state index < -0.39 is 117 Å². The number of aliphatic hydroxyl groups is 6. The van der Waals surface area contributed by atoms with Crippen LogP contribution in [-0.4, -0.2) is 169 Å². The second-order valence-electron chi connectivity index (χ2n) is 5.88. The van der Waals surface area contributed by atoms with Crippen molar-refractivity contribution in [2.75, 3.05) is 13.2 Å². The smallest absolute Gasteiger partial charge is 0.870 e. The van der Waals surface area contributed by atoms with Crippen molar-refractivity contribution in [3.63, 3.8) is 0 Å². The molecule has 182 valence electrons. The Hall–Kier alpha value is 0.0564. The van der Waals surface area contributed by atoms with E-state index in [1.165, 1.54) is 0 Å². The average molecular weight is 682 g/mol. The molecule has 31 heavy (non-hydrogen) atoms. The Morgan fingerprint density at radius 1 is 0.774 bits per heavy atom. The molecule has 2 heterocycles. The quantitative estimate of drug-likeness (QED) is 0.110. The van der Waals surface area contributed by atoms with E-state index in [4.69, 9.17) is 23.6 Å². The largest absolute Gasteiger partial charge is 0.870 e. The molecule has 0 unspecified atom stereocenters. The van der Waals surface area contributed by atoms with Crippen LogP contribution in [0.25, 0.3) is 0 Å². The summed E-state index contributed by atoms with van der Waals surface area (Å²) in [6.45, 7) is -1.73. The molecule has 0 aromatic rings. The van der Waals surface area contributed by atoms with Crippen LogP contribution in [0.3, 0.4) is 0 Å². The molecule has 0 bridgehead atoms. The van der Waals surface area contributed by atoms with Gasteiger partial charge in [0.2, 0.25) is 0 Å². The Bertz CT molecular complexity index is 533. The van der Waals surface area contributed by atoms with Crippen LogP contribution in [0.2, 0.25) is 0 Å². The molecule has 2 radical (unpaired) electrons. The number of aliphatic hydroxyl groups excluding tert-OH is 6. The second-order valence-corrected chi connectivity index (χ2v) is 14.4. The zero-order chi connectivity index (χ0) is 21.9. The van der Waals surface area contributed by atoms with Gasteiger partial charge in [0, 0.05) is 0 Å². The van der Waals surface area contributed by atoms with Gasteiger partial charge in [-0.1, -0.05) is 0 Å². The van der Waals surface area contributed by atoms with Crippen molar-refractivity contribution in [1.29, 1.82) is 0 Å². The van der Waals surface area contributed by atoms with E-state index in [2.05, 4.69) is 0 Å². The van der Waals surface area contributed by atoms with Crippen molar-refractivity contribution in [3.8, 4) is 0 Å². The fourth-order valence-corrected chi connectivity index (χ4v) is 13.3. The van der Waals surface area contributed by atoms with Gasteiger partial charge in [-0.3, -0.25) is 0 Å². The number of carboxylic acid groups (broad SMARTS) is 2. The number of rotatable bonds is 8. The van der Waals surface area contributed by atoms with Crippen molar-refractivity contribution in [2.45, 2.75) is 48.8 Å². The first-order valence-electron chi connectivity index (χ1n) is 7.95. The fraction of sp³-hybridized carbons (Fsp3) is 0.833. The van der Waals surface area contributed by atoms with Crippen LogP contribution in [-0.2, 0) is 22.9 Å². The van der Waals surface area contributed by atoms with Gasteiger partial charge in [-0.15, -0.1) is 0 Å². The van der Waals surface area contributed by atoms with E-state index in [1.54, 1.807) is 0 Å². The second kappa shape index (κ2) is 13.7. The molecule has 17 nitrogen and oxygen atoms in total. The SMILES string of the molecule is O=C(O)[C@@H]1[O][Sb+]([O][Sb+]2[O][C@H]([C@H](O)CO)[C@H](O)[C@H](C(=O)O)[O]2)[O][C@H]([C@H](O)CO)[C@@H]1O.[OH-].[OH-]. The molecule has 2 rings (SSSR count). The van der Waals surface area contributed by atoms with Crippen LogP contribution in [0.5, 0.6) is 0 Å². The van der Waals surface area contributed by atoms with Crippen LogP contribution < -0.4 is 0 Å². The zero-order valence-corrected chi connectivity index (χ0v) is 20.4. The summed E-state index contributed by atoms with van der Waals surface area (Å²) in [6, 6.07) is 0. The molecule has 0 spiro atoms. The first-order chi connectivity index (χ1) is 13.6. The molecule has 0 aromatic carbocycles.